The summed E-state index contributed by atoms with van der Waals surface area (Å²) < 4.78 is 0. The van der Waals surface area contributed by atoms with Crippen molar-refractivity contribution in [2.45, 2.75) is 12.5 Å². The van der Waals surface area contributed by atoms with Crippen LogP contribution in [0.2, 0.25) is 0 Å². The lowest BCUT2D eigenvalue weighted by molar-refractivity contribution is -0.139. The molecule has 1 aromatic heterocycles. The van der Waals surface area contributed by atoms with E-state index in [0.29, 0.717) is 4.88 Å². The fourth-order valence-corrected chi connectivity index (χ4v) is 2.76. The van der Waals surface area contributed by atoms with Gasteiger partial charge in [0.25, 0.3) is 5.91 Å². The summed E-state index contributed by atoms with van der Waals surface area (Å²) in [6.45, 7) is -0.298. The van der Waals surface area contributed by atoms with Crippen molar-refractivity contribution in [1.82, 2.24) is 5.32 Å². The van der Waals surface area contributed by atoms with Crippen LogP contribution in [0.5, 0.6) is 0 Å². The smallest absolute Gasteiger partial charge is 0.326 e. The molecule has 0 aliphatic rings. The molecule has 110 valence electrons. The zero-order chi connectivity index (χ0) is 15.2. The van der Waals surface area contributed by atoms with Gasteiger partial charge in [-0.1, -0.05) is 30.3 Å². The molecule has 1 atom stereocenters. The van der Waals surface area contributed by atoms with Gasteiger partial charge in [0.05, 0.1) is 4.88 Å². The van der Waals surface area contributed by atoms with Gasteiger partial charge in [0.1, 0.15) is 6.04 Å². The SMILES string of the molecule is O=C(NC(CCO)C(=O)O)c1sccc1-c1ccccc1. The fourth-order valence-electron chi connectivity index (χ4n) is 1.94. The summed E-state index contributed by atoms with van der Waals surface area (Å²) in [4.78, 5) is 23.7. The molecule has 0 spiro atoms. The van der Waals surface area contributed by atoms with Crippen LogP contribution in [0.1, 0.15) is 16.1 Å². The summed E-state index contributed by atoms with van der Waals surface area (Å²) in [5, 5.41) is 22.1. The lowest BCUT2D eigenvalue weighted by Gasteiger charge is -2.13. The van der Waals surface area contributed by atoms with Crippen molar-refractivity contribution in [2.75, 3.05) is 6.61 Å². The van der Waals surface area contributed by atoms with Crippen LogP contribution in [0.15, 0.2) is 41.8 Å². The Morgan fingerprint density at radius 1 is 1.19 bits per heavy atom. The minimum absolute atomic E-state index is 0.0207. The van der Waals surface area contributed by atoms with Gasteiger partial charge in [-0.2, -0.15) is 0 Å². The summed E-state index contributed by atoms with van der Waals surface area (Å²) in [6, 6.07) is 10.2. The van der Waals surface area contributed by atoms with Gasteiger partial charge in [0, 0.05) is 18.6 Å². The fraction of sp³-hybridized carbons (Fsp3) is 0.200. The molecule has 0 radical (unpaired) electrons. The van der Waals surface area contributed by atoms with Crippen LogP contribution in [0, 0.1) is 0 Å². The van der Waals surface area contributed by atoms with Crippen molar-refractivity contribution >= 4 is 23.2 Å². The number of aliphatic hydroxyl groups is 1. The van der Waals surface area contributed by atoms with Crippen LogP contribution in [-0.4, -0.2) is 34.7 Å². The van der Waals surface area contributed by atoms with Crippen LogP contribution >= 0.6 is 11.3 Å². The average molecular weight is 305 g/mol. The van der Waals surface area contributed by atoms with Crippen LogP contribution < -0.4 is 5.32 Å². The monoisotopic (exact) mass is 305 g/mol. The summed E-state index contributed by atoms with van der Waals surface area (Å²) in [5.41, 5.74) is 1.67. The number of aliphatic carboxylic acids is 1. The van der Waals surface area contributed by atoms with Crippen molar-refractivity contribution in [2.24, 2.45) is 0 Å². The molecule has 1 aromatic carbocycles. The Balaban J connectivity index is 2.21. The molecule has 1 amide bonds. The van der Waals surface area contributed by atoms with E-state index in [9.17, 15) is 9.59 Å². The van der Waals surface area contributed by atoms with E-state index in [1.54, 1.807) is 5.38 Å². The minimum atomic E-state index is -1.16. The first-order valence-corrected chi connectivity index (χ1v) is 7.29. The number of benzene rings is 1. The van der Waals surface area contributed by atoms with Crippen LogP contribution in [0.3, 0.4) is 0 Å². The minimum Gasteiger partial charge on any atom is -0.480 e. The maximum Gasteiger partial charge on any atom is 0.326 e. The predicted octanol–water partition coefficient (Wildman–Crippen LogP) is 1.98. The zero-order valence-electron chi connectivity index (χ0n) is 11.2. The highest BCUT2D eigenvalue weighted by Gasteiger charge is 2.22. The number of carbonyl (C=O) groups is 2. The number of aliphatic hydroxyl groups excluding tert-OH is 1. The highest BCUT2D eigenvalue weighted by atomic mass is 32.1. The Bertz CT molecular complexity index is 624. The van der Waals surface area contributed by atoms with Gasteiger partial charge in [0.2, 0.25) is 0 Å². The number of carbonyl (C=O) groups excluding carboxylic acids is 1. The van der Waals surface area contributed by atoms with E-state index in [1.165, 1.54) is 11.3 Å². The number of hydrogen-bond acceptors (Lipinski definition) is 4. The molecule has 1 heterocycles. The highest BCUT2D eigenvalue weighted by Crippen LogP contribution is 2.28. The van der Waals surface area contributed by atoms with Gasteiger partial charge in [-0.15, -0.1) is 11.3 Å². The predicted molar refractivity (Wildman–Crippen MR) is 80.3 cm³/mol. The highest BCUT2D eigenvalue weighted by molar-refractivity contribution is 7.12. The second-order valence-corrected chi connectivity index (χ2v) is 5.32. The molecule has 1 unspecified atom stereocenters. The molecule has 6 heteroatoms. The lowest BCUT2D eigenvalue weighted by Crippen LogP contribution is -2.41. The van der Waals surface area contributed by atoms with Gasteiger partial charge >= 0.3 is 5.97 Å². The van der Waals surface area contributed by atoms with Crippen LogP contribution in [0.4, 0.5) is 0 Å². The topological polar surface area (TPSA) is 86.6 Å². The van der Waals surface area contributed by atoms with E-state index in [2.05, 4.69) is 5.32 Å². The zero-order valence-corrected chi connectivity index (χ0v) is 12.0. The largest absolute Gasteiger partial charge is 0.480 e. The molecular weight excluding hydrogens is 290 g/mol. The van der Waals surface area contributed by atoms with Crippen molar-refractivity contribution in [3.8, 4) is 11.1 Å². The number of rotatable bonds is 6. The molecule has 0 saturated carbocycles. The Hall–Kier alpha value is -2.18. The van der Waals surface area contributed by atoms with Gasteiger partial charge in [-0.3, -0.25) is 4.79 Å². The molecule has 0 saturated heterocycles. The van der Waals surface area contributed by atoms with Crippen molar-refractivity contribution in [3.63, 3.8) is 0 Å². The first-order chi connectivity index (χ1) is 10.1. The molecular formula is C15H15NO4S. The molecule has 0 bridgehead atoms. The van der Waals surface area contributed by atoms with Gasteiger partial charge in [-0.05, 0) is 17.0 Å². The van der Waals surface area contributed by atoms with Crippen LogP contribution in [0.25, 0.3) is 11.1 Å². The van der Waals surface area contributed by atoms with E-state index >= 15 is 0 Å². The van der Waals surface area contributed by atoms with Gasteiger partial charge < -0.3 is 15.5 Å². The first-order valence-electron chi connectivity index (χ1n) is 6.41. The third-order valence-corrected chi connectivity index (χ3v) is 3.89. The molecule has 0 aliphatic carbocycles. The Morgan fingerprint density at radius 2 is 1.90 bits per heavy atom. The molecule has 5 nitrogen and oxygen atoms in total. The molecule has 3 N–H and O–H groups in total. The molecule has 0 aliphatic heterocycles. The summed E-state index contributed by atoms with van der Waals surface area (Å²) in [6.07, 6.45) is -0.0207. The van der Waals surface area contributed by atoms with Crippen LogP contribution in [-0.2, 0) is 4.79 Å². The third kappa shape index (κ3) is 3.68. The standard InChI is InChI=1S/C15H15NO4S/c17-8-6-12(15(19)20)16-14(18)13-11(7-9-21-13)10-4-2-1-3-5-10/h1-5,7,9,12,17H,6,8H2,(H,16,18)(H,19,20). The average Bonchev–Trinajstić information content (AvgIpc) is 2.97. The van der Waals surface area contributed by atoms with Gasteiger partial charge in [-0.25, -0.2) is 4.79 Å². The number of hydrogen-bond donors (Lipinski definition) is 3. The van der Waals surface area contributed by atoms with Crippen molar-refractivity contribution in [1.29, 1.82) is 0 Å². The van der Waals surface area contributed by atoms with E-state index in [1.807, 2.05) is 36.4 Å². The lowest BCUT2D eigenvalue weighted by atomic mass is 10.1. The number of carboxylic acid groups (broad SMARTS) is 1. The first kappa shape index (κ1) is 15.2. The van der Waals surface area contributed by atoms with E-state index in [-0.39, 0.29) is 13.0 Å². The number of thiophene rings is 1. The quantitative estimate of drug-likeness (QED) is 0.761. The van der Waals surface area contributed by atoms with E-state index < -0.39 is 17.9 Å². The number of nitrogens with one attached hydrogen (secondary N) is 1. The molecule has 21 heavy (non-hydrogen) atoms. The molecule has 2 aromatic rings. The third-order valence-electron chi connectivity index (χ3n) is 2.98. The second-order valence-electron chi connectivity index (χ2n) is 4.41. The van der Waals surface area contributed by atoms with Crippen molar-refractivity contribution in [3.05, 3.63) is 46.7 Å². The Morgan fingerprint density at radius 3 is 2.52 bits per heavy atom. The number of carboxylic acids is 1. The maximum absolute atomic E-state index is 12.2. The number of amides is 1. The Labute approximate surface area is 125 Å². The van der Waals surface area contributed by atoms with Gasteiger partial charge in [0.15, 0.2) is 0 Å². The van der Waals surface area contributed by atoms with Crippen molar-refractivity contribution < 1.29 is 19.8 Å². The second kappa shape index (κ2) is 7.01. The van der Waals surface area contributed by atoms with E-state index in [0.717, 1.165) is 11.1 Å². The Kier molecular flexibility index (Phi) is 5.08. The maximum atomic E-state index is 12.2. The normalized spacial score (nSPS) is 11.9. The van der Waals surface area contributed by atoms with E-state index in [4.69, 9.17) is 10.2 Å². The summed E-state index contributed by atoms with van der Waals surface area (Å²) in [7, 11) is 0. The molecule has 2 rings (SSSR count). The summed E-state index contributed by atoms with van der Waals surface area (Å²) >= 11 is 1.26. The molecule has 0 fully saturated rings. The summed E-state index contributed by atoms with van der Waals surface area (Å²) in [5.74, 6) is -1.60.